The van der Waals surface area contributed by atoms with E-state index in [9.17, 15) is 0 Å². The quantitative estimate of drug-likeness (QED) is 0.506. The van der Waals surface area contributed by atoms with Crippen LogP contribution in [-0.2, 0) is 0 Å². The van der Waals surface area contributed by atoms with Gasteiger partial charge in [0, 0.05) is 5.56 Å². The third kappa shape index (κ3) is 2.33. The zero-order valence-corrected chi connectivity index (χ0v) is 10.7. The van der Waals surface area contributed by atoms with Crippen molar-refractivity contribution >= 4 is 5.71 Å². The fourth-order valence-corrected chi connectivity index (χ4v) is 2.30. The highest BCUT2D eigenvalue weighted by molar-refractivity contribution is 6.02. The molecule has 1 atom stereocenters. The van der Waals surface area contributed by atoms with Crippen LogP contribution in [0.15, 0.2) is 29.4 Å². The third-order valence-corrected chi connectivity index (χ3v) is 3.04. The summed E-state index contributed by atoms with van der Waals surface area (Å²) in [6, 6.07) is 8.69. The minimum absolute atomic E-state index is 0.651. The molecule has 0 bridgehead atoms. The van der Waals surface area contributed by atoms with E-state index >= 15 is 0 Å². The zero-order valence-electron chi connectivity index (χ0n) is 10.7. The van der Waals surface area contributed by atoms with Crippen LogP contribution in [0.3, 0.4) is 0 Å². The summed E-state index contributed by atoms with van der Waals surface area (Å²) in [7, 11) is 6.31. The van der Waals surface area contributed by atoms with Crippen molar-refractivity contribution in [3.05, 3.63) is 35.4 Å². The first-order chi connectivity index (χ1) is 7.47. The number of nitrogens with zero attached hydrogens (tertiary/aromatic N) is 2. The van der Waals surface area contributed by atoms with Crippen LogP contribution < -0.4 is 0 Å². The maximum absolute atomic E-state index is 4.80. The molecular formula is C14H21N2+. The molecule has 2 nitrogen and oxygen atoms in total. The molecule has 0 amide bonds. The summed E-state index contributed by atoms with van der Waals surface area (Å²) in [4.78, 5) is 0. The second-order valence-electron chi connectivity index (χ2n) is 5.52. The Morgan fingerprint density at radius 2 is 1.88 bits per heavy atom. The van der Waals surface area contributed by atoms with Gasteiger partial charge in [0.05, 0.1) is 21.1 Å². The Morgan fingerprint density at radius 3 is 2.56 bits per heavy atom. The fourth-order valence-electron chi connectivity index (χ4n) is 2.30. The SMILES string of the molecule is CC1CCC(=N[N+](C)(C)C)c2ccccc21. The Labute approximate surface area is 98.2 Å². The highest BCUT2D eigenvalue weighted by atomic mass is 15.6. The Hall–Kier alpha value is -1.15. The molecule has 0 N–H and O–H groups in total. The number of rotatable bonds is 1. The lowest BCUT2D eigenvalue weighted by molar-refractivity contribution is -0.877. The number of hydrogen-bond acceptors (Lipinski definition) is 1. The molecule has 0 heterocycles. The van der Waals surface area contributed by atoms with Crippen LogP contribution in [0.25, 0.3) is 0 Å². The van der Waals surface area contributed by atoms with E-state index in [4.69, 9.17) is 5.10 Å². The Morgan fingerprint density at radius 1 is 1.19 bits per heavy atom. The standard InChI is InChI=1S/C14H21N2/c1-11-9-10-14(15-16(2,3)4)13-8-6-5-7-12(11)13/h5-8,11H,9-10H2,1-4H3/q+1. The van der Waals surface area contributed by atoms with E-state index in [1.165, 1.54) is 23.3 Å². The smallest absolute Gasteiger partial charge is 0.103 e. The van der Waals surface area contributed by atoms with Crippen LogP contribution in [0.4, 0.5) is 0 Å². The van der Waals surface area contributed by atoms with Crippen LogP contribution >= 0.6 is 0 Å². The van der Waals surface area contributed by atoms with Gasteiger partial charge in [0.15, 0.2) is 0 Å². The van der Waals surface area contributed by atoms with Gasteiger partial charge in [-0.25, -0.2) is 4.59 Å². The van der Waals surface area contributed by atoms with E-state index in [0.717, 1.165) is 6.42 Å². The van der Waals surface area contributed by atoms with Crippen molar-refractivity contribution in [1.82, 2.24) is 0 Å². The average Bonchev–Trinajstić information content (AvgIpc) is 2.21. The van der Waals surface area contributed by atoms with Gasteiger partial charge in [0.1, 0.15) is 5.71 Å². The third-order valence-electron chi connectivity index (χ3n) is 3.04. The lowest BCUT2D eigenvalue weighted by atomic mass is 9.83. The maximum Gasteiger partial charge on any atom is 0.103 e. The molecule has 0 saturated heterocycles. The monoisotopic (exact) mass is 217 g/mol. The largest absolute Gasteiger partial charge is 0.205 e. The molecule has 0 spiro atoms. The Balaban J connectivity index is 2.47. The van der Waals surface area contributed by atoms with Gasteiger partial charge in [-0.1, -0.05) is 36.3 Å². The topological polar surface area (TPSA) is 12.4 Å². The number of quaternary nitrogens is 1. The van der Waals surface area contributed by atoms with Crippen LogP contribution in [0.1, 0.15) is 36.8 Å². The van der Waals surface area contributed by atoms with Gasteiger partial charge in [0.2, 0.25) is 0 Å². The van der Waals surface area contributed by atoms with Gasteiger partial charge in [-0.2, -0.15) is 0 Å². The second-order valence-corrected chi connectivity index (χ2v) is 5.52. The molecule has 1 aliphatic rings. The van der Waals surface area contributed by atoms with Crippen LogP contribution in [0.5, 0.6) is 0 Å². The molecule has 1 aliphatic carbocycles. The van der Waals surface area contributed by atoms with Crippen molar-refractivity contribution in [2.45, 2.75) is 25.7 Å². The minimum atomic E-state index is 0.651. The summed E-state index contributed by atoms with van der Waals surface area (Å²) in [5.74, 6) is 0.669. The molecule has 0 fully saturated rings. The predicted octanol–water partition coefficient (Wildman–Crippen LogP) is 2.99. The lowest BCUT2D eigenvalue weighted by Crippen LogP contribution is -2.30. The van der Waals surface area contributed by atoms with E-state index in [1.54, 1.807) is 0 Å². The summed E-state index contributed by atoms with van der Waals surface area (Å²) >= 11 is 0. The highest BCUT2D eigenvalue weighted by Gasteiger charge is 2.23. The fraction of sp³-hybridized carbons (Fsp3) is 0.500. The van der Waals surface area contributed by atoms with Crippen molar-refractivity contribution < 1.29 is 4.59 Å². The summed E-state index contributed by atoms with van der Waals surface area (Å²) in [6.45, 7) is 2.31. The molecule has 0 radical (unpaired) electrons. The van der Waals surface area contributed by atoms with Crippen LogP contribution in [-0.4, -0.2) is 31.4 Å². The van der Waals surface area contributed by atoms with Gasteiger partial charge >= 0.3 is 0 Å². The molecule has 2 heteroatoms. The molecule has 86 valence electrons. The van der Waals surface area contributed by atoms with E-state index in [0.29, 0.717) is 10.5 Å². The van der Waals surface area contributed by atoms with Crippen molar-refractivity contribution in [3.63, 3.8) is 0 Å². The maximum atomic E-state index is 4.80. The van der Waals surface area contributed by atoms with Crippen LogP contribution in [0, 0.1) is 0 Å². The normalized spacial score (nSPS) is 23.2. The lowest BCUT2D eigenvalue weighted by Gasteiger charge is -2.25. The highest BCUT2D eigenvalue weighted by Crippen LogP contribution is 2.31. The second kappa shape index (κ2) is 4.02. The molecular weight excluding hydrogens is 196 g/mol. The summed E-state index contributed by atoms with van der Waals surface area (Å²) < 4.78 is 0.651. The van der Waals surface area contributed by atoms with E-state index < -0.39 is 0 Å². The Kier molecular flexibility index (Phi) is 2.85. The van der Waals surface area contributed by atoms with Gasteiger partial charge in [-0.15, -0.1) is 0 Å². The molecule has 0 aliphatic heterocycles. The first kappa shape index (κ1) is 11.3. The molecule has 0 aromatic heterocycles. The molecule has 2 rings (SSSR count). The number of benzene rings is 1. The summed E-state index contributed by atoms with van der Waals surface area (Å²) in [5, 5.41) is 4.80. The van der Waals surface area contributed by atoms with E-state index in [-0.39, 0.29) is 0 Å². The first-order valence-corrected chi connectivity index (χ1v) is 5.97. The van der Waals surface area contributed by atoms with Crippen molar-refractivity contribution in [2.24, 2.45) is 5.10 Å². The molecule has 0 saturated carbocycles. The molecule has 16 heavy (non-hydrogen) atoms. The van der Waals surface area contributed by atoms with Crippen LogP contribution in [0.2, 0.25) is 0 Å². The van der Waals surface area contributed by atoms with Gasteiger partial charge in [-0.3, -0.25) is 0 Å². The van der Waals surface area contributed by atoms with Gasteiger partial charge < -0.3 is 0 Å². The number of hydrogen-bond donors (Lipinski definition) is 0. The molecule has 1 unspecified atom stereocenters. The van der Waals surface area contributed by atoms with Gasteiger partial charge in [-0.05, 0) is 24.3 Å². The molecule has 1 aromatic carbocycles. The zero-order chi connectivity index (χ0) is 11.8. The predicted molar refractivity (Wildman–Crippen MR) is 68.7 cm³/mol. The first-order valence-electron chi connectivity index (χ1n) is 5.97. The minimum Gasteiger partial charge on any atom is -0.205 e. The molecule has 1 aromatic rings. The van der Waals surface area contributed by atoms with Crippen molar-refractivity contribution in [3.8, 4) is 0 Å². The van der Waals surface area contributed by atoms with Crippen molar-refractivity contribution in [2.75, 3.05) is 21.1 Å². The van der Waals surface area contributed by atoms with Gasteiger partial charge in [0.25, 0.3) is 0 Å². The average molecular weight is 217 g/mol. The van der Waals surface area contributed by atoms with E-state index in [1.807, 2.05) is 0 Å². The van der Waals surface area contributed by atoms with E-state index in [2.05, 4.69) is 52.3 Å². The summed E-state index contributed by atoms with van der Waals surface area (Å²) in [6.07, 6.45) is 2.32. The Bertz CT molecular complexity index is 413. The number of fused-ring (bicyclic) bond motifs is 1. The summed E-state index contributed by atoms with van der Waals surface area (Å²) in [5.41, 5.74) is 4.08. The van der Waals surface area contributed by atoms with Crippen molar-refractivity contribution in [1.29, 1.82) is 0 Å².